The summed E-state index contributed by atoms with van der Waals surface area (Å²) < 4.78 is 5.19. The van der Waals surface area contributed by atoms with Crippen LogP contribution in [-0.4, -0.2) is 22.1 Å². The van der Waals surface area contributed by atoms with Crippen LogP contribution in [0.5, 0.6) is 5.75 Å². The normalized spacial score (nSPS) is 10.2. The fourth-order valence-corrected chi connectivity index (χ4v) is 1.99. The van der Waals surface area contributed by atoms with Gasteiger partial charge in [0.1, 0.15) is 5.75 Å². The van der Waals surface area contributed by atoms with Crippen LogP contribution in [0.25, 0.3) is 11.4 Å². The van der Waals surface area contributed by atoms with E-state index in [2.05, 4.69) is 20.3 Å². The fourth-order valence-electron chi connectivity index (χ4n) is 1.99. The number of aromatic nitrogens is 3. The number of rotatable bonds is 4. The minimum absolute atomic E-state index is 0.166. The molecule has 0 amide bonds. The molecule has 6 nitrogen and oxygen atoms in total. The molecule has 3 rings (SSSR count). The molecule has 1 aromatic heterocycles. The van der Waals surface area contributed by atoms with E-state index in [9.17, 15) is 0 Å². The molecular formula is C16H15N5O. The smallest absolute Gasteiger partial charge is 0.232 e. The first-order chi connectivity index (χ1) is 10.7. The highest BCUT2D eigenvalue weighted by Crippen LogP contribution is 2.21. The lowest BCUT2D eigenvalue weighted by molar-refractivity contribution is 0.415. The number of nitrogen functional groups attached to an aromatic ring is 1. The van der Waals surface area contributed by atoms with Gasteiger partial charge in [0.2, 0.25) is 11.9 Å². The monoisotopic (exact) mass is 293 g/mol. The molecule has 0 aliphatic rings. The number of ether oxygens (including phenoxy) is 1. The summed E-state index contributed by atoms with van der Waals surface area (Å²) in [5.74, 6) is 1.83. The fraction of sp³-hybridized carbons (Fsp3) is 0.0625. The lowest BCUT2D eigenvalue weighted by Crippen LogP contribution is -2.05. The van der Waals surface area contributed by atoms with Crippen molar-refractivity contribution in [1.29, 1.82) is 0 Å². The van der Waals surface area contributed by atoms with Crippen LogP contribution in [0.2, 0.25) is 0 Å². The molecule has 0 saturated heterocycles. The molecule has 0 bridgehead atoms. The van der Waals surface area contributed by atoms with Crippen LogP contribution in [0, 0.1) is 0 Å². The zero-order valence-corrected chi connectivity index (χ0v) is 12.0. The number of anilines is 3. The minimum atomic E-state index is 0.166. The summed E-state index contributed by atoms with van der Waals surface area (Å²) in [5.41, 5.74) is 7.47. The number of hydrogen-bond donors (Lipinski definition) is 2. The van der Waals surface area contributed by atoms with Gasteiger partial charge >= 0.3 is 0 Å². The molecule has 2 aromatic carbocycles. The van der Waals surface area contributed by atoms with Crippen molar-refractivity contribution in [1.82, 2.24) is 15.0 Å². The van der Waals surface area contributed by atoms with E-state index in [0.29, 0.717) is 11.8 Å². The van der Waals surface area contributed by atoms with Crippen molar-refractivity contribution in [2.75, 3.05) is 18.2 Å². The van der Waals surface area contributed by atoms with Gasteiger partial charge in [0.05, 0.1) is 7.11 Å². The van der Waals surface area contributed by atoms with E-state index >= 15 is 0 Å². The van der Waals surface area contributed by atoms with Crippen LogP contribution >= 0.6 is 0 Å². The first kappa shape index (κ1) is 13.8. The van der Waals surface area contributed by atoms with Crippen molar-refractivity contribution in [2.24, 2.45) is 0 Å². The van der Waals surface area contributed by atoms with Gasteiger partial charge < -0.3 is 15.8 Å². The van der Waals surface area contributed by atoms with E-state index in [-0.39, 0.29) is 5.95 Å². The van der Waals surface area contributed by atoms with E-state index in [1.807, 2.05) is 54.6 Å². The van der Waals surface area contributed by atoms with Crippen LogP contribution < -0.4 is 15.8 Å². The second-order valence-electron chi connectivity index (χ2n) is 4.56. The van der Waals surface area contributed by atoms with Crippen molar-refractivity contribution in [3.05, 3.63) is 54.6 Å². The zero-order chi connectivity index (χ0) is 15.4. The van der Waals surface area contributed by atoms with Crippen molar-refractivity contribution in [2.45, 2.75) is 0 Å². The van der Waals surface area contributed by atoms with Gasteiger partial charge in [0.15, 0.2) is 5.82 Å². The molecule has 0 unspecified atom stereocenters. The Morgan fingerprint density at radius 2 is 1.77 bits per heavy atom. The molecular weight excluding hydrogens is 278 g/mol. The highest BCUT2D eigenvalue weighted by Gasteiger charge is 2.07. The van der Waals surface area contributed by atoms with Gasteiger partial charge in [-0.05, 0) is 12.1 Å². The van der Waals surface area contributed by atoms with Gasteiger partial charge in [0.25, 0.3) is 0 Å². The molecule has 0 atom stereocenters. The second-order valence-corrected chi connectivity index (χ2v) is 4.56. The lowest BCUT2D eigenvalue weighted by atomic mass is 10.2. The van der Waals surface area contributed by atoms with Crippen molar-refractivity contribution in [3.8, 4) is 17.1 Å². The van der Waals surface area contributed by atoms with Crippen molar-refractivity contribution < 1.29 is 4.74 Å². The van der Waals surface area contributed by atoms with Crippen LogP contribution in [0.15, 0.2) is 54.6 Å². The molecule has 0 aliphatic carbocycles. The van der Waals surface area contributed by atoms with E-state index in [0.717, 1.165) is 17.0 Å². The Kier molecular flexibility index (Phi) is 3.82. The van der Waals surface area contributed by atoms with E-state index in [1.54, 1.807) is 7.11 Å². The van der Waals surface area contributed by atoms with Crippen molar-refractivity contribution in [3.63, 3.8) is 0 Å². The summed E-state index contributed by atoms with van der Waals surface area (Å²) in [6, 6.07) is 17.1. The van der Waals surface area contributed by atoms with Gasteiger partial charge in [-0.1, -0.05) is 36.4 Å². The van der Waals surface area contributed by atoms with Gasteiger partial charge in [-0.25, -0.2) is 0 Å². The van der Waals surface area contributed by atoms with Gasteiger partial charge in [-0.2, -0.15) is 15.0 Å². The third kappa shape index (κ3) is 3.12. The second kappa shape index (κ2) is 6.09. The highest BCUT2D eigenvalue weighted by molar-refractivity contribution is 5.61. The summed E-state index contributed by atoms with van der Waals surface area (Å²) in [7, 11) is 1.62. The SMILES string of the molecule is COc1cccc(Nc2nc(N)nc(-c3ccccc3)n2)c1. The summed E-state index contributed by atoms with van der Waals surface area (Å²) in [5, 5.41) is 3.11. The largest absolute Gasteiger partial charge is 0.497 e. The standard InChI is InChI=1S/C16H15N5O/c1-22-13-9-5-8-12(10-13)18-16-20-14(19-15(17)21-16)11-6-3-2-4-7-11/h2-10H,1H3,(H3,17,18,19,20,21). The molecule has 110 valence electrons. The number of methoxy groups -OCH3 is 1. The molecule has 6 heteroatoms. The Labute approximate surface area is 128 Å². The number of nitrogens with one attached hydrogen (secondary N) is 1. The summed E-state index contributed by atoms with van der Waals surface area (Å²) >= 11 is 0. The molecule has 0 aliphatic heterocycles. The molecule has 0 saturated carbocycles. The number of nitrogens with zero attached hydrogens (tertiary/aromatic N) is 3. The maximum atomic E-state index is 5.78. The maximum absolute atomic E-state index is 5.78. The lowest BCUT2D eigenvalue weighted by Gasteiger charge is -2.08. The van der Waals surface area contributed by atoms with Crippen LogP contribution in [-0.2, 0) is 0 Å². The minimum Gasteiger partial charge on any atom is -0.497 e. The molecule has 3 aromatic rings. The number of hydrogen-bond acceptors (Lipinski definition) is 6. The van der Waals surface area contributed by atoms with Gasteiger partial charge in [0, 0.05) is 17.3 Å². The molecule has 1 heterocycles. The van der Waals surface area contributed by atoms with Crippen LogP contribution in [0.4, 0.5) is 17.6 Å². The molecule has 22 heavy (non-hydrogen) atoms. The molecule has 3 N–H and O–H groups in total. The third-order valence-corrected chi connectivity index (χ3v) is 3.01. The van der Waals surface area contributed by atoms with Gasteiger partial charge in [-0.15, -0.1) is 0 Å². The Morgan fingerprint density at radius 3 is 2.55 bits per heavy atom. The van der Waals surface area contributed by atoms with E-state index in [1.165, 1.54) is 0 Å². The topological polar surface area (TPSA) is 86.0 Å². The quantitative estimate of drug-likeness (QED) is 0.769. The summed E-state index contributed by atoms with van der Waals surface area (Å²) in [6.45, 7) is 0. The zero-order valence-electron chi connectivity index (χ0n) is 12.0. The molecule has 0 fully saturated rings. The average molecular weight is 293 g/mol. The predicted molar refractivity (Wildman–Crippen MR) is 86.0 cm³/mol. The van der Waals surface area contributed by atoms with Crippen LogP contribution in [0.1, 0.15) is 0 Å². The van der Waals surface area contributed by atoms with E-state index < -0.39 is 0 Å². The molecule has 0 spiro atoms. The molecule has 0 radical (unpaired) electrons. The first-order valence-electron chi connectivity index (χ1n) is 6.72. The maximum Gasteiger partial charge on any atom is 0.232 e. The Hall–Kier alpha value is -3.15. The van der Waals surface area contributed by atoms with Gasteiger partial charge in [-0.3, -0.25) is 0 Å². The Morgan fingerprint density at radius 1 is 0.955 bits per heavy atom. The first-order valence-corrected chi connectivity index (χ1v) is 6.72. The predicted octanol–water partition coefficient (Wildman–Crippen LogP) is 2.87. The number of benzene rings is 2. The average Bonchev–Trinajstić information content (AvgIpc) is 2.55. The van der Waals surface area contributed by atoms with Crippen LogP contribution in [0.3, 0.4) is 0 Å². The highest BCUT2D eigenvalue weighted by atomic mass is 16.5. The summed E-state index contributed by atoms with van der Waals surface area (Å²) in [6.07, 6.45) is 0. The Balaban J connectivity index is 1.92. The number of nitrogens with two attached hydrogens (primary N) is 1. The Bertz CT molecular complexity index is 776. The van der Waals surface area contributed by atoms with Crippen molar-refractivity contribution >= 4 is 17.6 Å². The third-order valence-electron chi connectivity index (χ3n) is 3.01. The summed E-state index contributed by atoms with van der Waals surface area (Å²) in [4.78, 5) is 12.7. The van der Waals surface area contributed by atoms with E-state index in [4.69, 9.17) is 10.5 Å².